The Morgan fingerprint density at radius 1 is 1.47 bits per heavy atom. The Hall–Kier alpha value is -1.13. The van der Waals surface area contributed by atoms with Gasteiger partial charge in [-0.25, -0.2) is 4.39 Å². The van der Waals surface area contributed by atoms with Crippen molar-refractivity contribution in [3.8, 4) is 0 Å². The first-order valence-electron chi connectivity index (χ1n) is 6.11. The van der Waals surface area contributed by atoms with E-state index in [1.165, 1.54) is 6.07 Å². The van der Waals surface area contributed by atoms with Gasteiger partial charge in [0.2, 0.25) is 0 Å². The number of nitrogens with one attached hydrogen (secondary N) is 1. The summed E-state index contributed by atoms with van der Waals surface area (Å²) in [7, 11) is 0. The number of benzene rings is 1. The summed E-state index contributed by atoms with van der Waals surface area (Å²) in [5.41, 5.74) is 0.637. The molecule has 3 nitrogen and oxygen atoms in total. The van der Waals surface area contributed by atoms with Gasteiger partial charge in [-0.05, 0) is 25.5 Å². The van der Waals surface area contributed by atoms with Gasteiger partial charge in [-0.2, -0.15) is 0 Å². The number of rotatable bonds is 4. The minimum Gasteiger partial charge on any atom is -0.392 e. The number of likely N-dealkylation sites (N-methyl/N-ethyl adjacent to an activating group) is 1. The van der Waals surface area contributed by atoms with Gasteiger partial charge in [0.1, 0.15) is 5.82 Å². The molecule has 2 atom stereocenters. The first-order valence-corrected chi connectivity index (χ1v) is 6.11. The molecule has 0 aliphatic carbocycles. The second-order valence-electron chi connectivity index (χ2n) is 4.48. The average molecular weight is 238 g/mol. The molecule has 1 aliphatic heterocycles. The molecule has 17 heavy (non-hydrogen) atoms. The number of hydrogen-bond donors (Lipinski definition) is 2. The summed E-state index contributed by atoms with van der Waals surface area (Å²) in [6, 6.07) is 7.06. The third kappa shape index (κ3) is 2.96. The van der Waals surface area contributed by atoms with Gasteiger partial charge in [0.15, 0.2) is 0 Å². The zero-order valence-electron chi connectivity index (χ0n) is 10.1. The van der Waals surface area contributed by atoms with Crippen molar-refractivity contribution >= 4 is 5.69 Å². The number of nitrogens with zero attached hydrogens (tertiary/aromatic N) is 1. The zero-order chi connectivity index (χ0) is 12.3. The van der Waals surface area contributed by atoms with Crippen LogP contribution in [0.25, 0.3) is 0 Å². The summed E-state index contributed by atoms with van der Waals surface area (Å²) in [5, 5.41) is 12.7. The van der Waals surface area contributed by atoms with E-state index in [0.29, 0.717) is 12.2 Å². The van der Waals surface area contributed by atoms with Gasteiger partial charge in [0, 0.05) is 25.7 Å². The van der Waals surface area contributed by atoms with E-state index >= 15 is 0 Å². The maximum absolute atomic E-state index is 13.7. The van der Waals surface area contributed by atoms with Crippen molar-refractivity contribution in [3.05, 3.63) is 30.1 Å². The molecule has 0 aromatic heterocycles. The number of hydrogen-bond acceptors (Lipinski definition) is 3. The molecule has 1 heterocycles. The van der Waals surface area contributed by atoms with Crippen molar-refractivity contribution in [1.29, 1.82) is 0 Å². The minimum absolute atomic E-state index is 0.187. The van der Waals surface area contributed by atoms with Crippen molar-refractivity contribution in [2.45, 2.75) is 25.5 Å². The Morgan fingerprint density at radius 2 is 2.24 bits per heavy atom. The topological polar surface area (TPSA) is 35.5 Å². The van der Waals surface area contributed by atoms with Crippen molar-refractivity contribution in [1.82, 2.24) is 5.32 Å². The van der Waals surface area contributed by atoms with Gasteiger partial charge in [-0.3, -0.25) is 0 Å². The third-order valence-corrected chi connectivity index (χ3v) is 3.21. The number of aliphatic hydroxyl groups is 1. The van der Waals surface area contributed by atoms with Crippen LogP contribution in [0.2, 0.25) is 0 Å². The molecule has 1 aromatic rings. The first kappa shape index (κ1) is 12.3. The summed E-state index contributed by atoms with van der Waals surface area (Å²) in [4.78, 5) is 2.00. The van der Waals surface area contributed by atoms with E-state index in [9.17, 15) is 9.50 Å². The summed E-state index contributed by atoms with van der Waals surface area (Å²) >= 11 is 0. The summed E-state index contributed by atoms with van der Waals surface area (Å²) in [6.45, 7) is 4.14. The van der Waals surface area contributed by atoms with Crippen molar-refractivity contribution in [2.24, 2.45) is 0 Å². The minimum atomic E-state index is -0.265. The van der Waals surface area contributed by atoms with E-state index in [4.69, 9.17) is 0 Å². The molecular formula is C13H19FN2O. The molecule has 0 spiro atoms. The molecule has 1 saturated heterocycles. The molecule has 0 bridgehead atoms. The molecule has 2 unspecified atom stereocenters. The Kier molecular flexibility index (Phi) is 3.97. The van der Waals surface area contributed by atoms with E-state index < -0.39 is 0 Å². The van der Waals surface area contributed by atoms with Crippen molar-refractivity contribution in [2.75, 3.05) is 24.5 Å². The first-order chi connectivity index (χ1) is 8.20. The monoisotopic (exact) mass is 238 g/mol. The Labute approximate surface area is 101 Å². The van der Waals surface area contributed by atoms with Crippen LogP contribution in [-0.4, -0.2) is 36.9 Å². The molecule has 1 aromatic carbocycles. The summed E-state index contributed by atoms with van der Waals surface area (Å²) in [6.07, 6.45) is 0.477. The van der Waals surface area contributed by atoms with E-state index in [1.807, 2.05) is 17.9 Å². The largest absolute Gasteiger partial charge is 0.392 e. The average Bonchev–Trinajstić information content (AvgIpc) is 2.73. The lowest BCUT2D eigenvalue weighted by Gasteiger charge is -2.26. The number of aliphatic hydroxyl groups excluding tert-OH is 1. The number of β-amino-alcohol motifs (C(OH)–C–C–N with tert-alkyl or cyclic N) is 1. The van der Waals surface area contributed by atoms with Crippen LogP contribution in [0.15, 0.2) is 24.3 Å². The second kappa shape index (κ2) is 5.47. The highest BCUT2D eigenvalue weighted by Crippen LogP contribution is 2.20. The fourth-order valence-corrected chi connectivity index (χ4v) is 2.31. The molecule has 94 valence electrons. The van der Waals surface area contributed by atoms with Crippen LogP contribution in [0.4, 0.5) is 10.1 Å². The molecule has 1 fully saturated rings. The van der Waals surface area contributed by atoms with Gasteiger partial charge in [-0.15, -0.1) is 0 Å². The lowest BCUT2D eigenvalue weighted by atomic mass is 10.1. The summed E-state index contributed by atoms with van der Waals surface area (Å²) in [5.74, 6) is -0.187. The van der Waals surface area contributed by atoms with Crippen LogP contribution in [0.1, 0.15) is 13.3 Å². The van der Waals surface area contributed by atoms with Gasteiger partial charge >= 0.3 is 0 Å². The SMILES string of the molecule is CCN(CC1CC(O)CN1)c1ccccc1F. The lowest BCUT2D eigenvalue weighted by molar-refractivity contribution is 0.193. The number of para-hydroxylation sites is 1. The normalized spacial score (nSPS) is 23.9. The van der Waals surface area contributed by atoms with E-state index in [2.05, 4.69) is 5.32 Å². The molecular weight excluding hydrogens is 219 g/mol. The van der Waals surface area contributed by atoms with Crippen LogP contribution in [0.3, 0.4) is 0 Å². The number of halogens is 1. The lowest BCUT2D eigenvalue weighted by Crippen LogP contribution is -2.37. The van der Waals surface area contributed by atoms with Crippen molar-refractivity contribution in [3.63, 3.8) is 0 Å². The fourth-order valence-electron chi connectivity index (χ4n) is 2.31. The van der Waals surface area contributed by atoms with Gasteiger partial charge in [0.05, 0.1) is 11.8 Å². The molecule has 0 amide bonds. The molecule has 2 rings (SSSR count). The molecule has 4 heteroatoms. The Morgan fingerprint density at radius 3 is 2.82 bits per heavy atom. The van der Waals surface area contributed by atoms with Crippen LogP contribution in [0, 0.1) is 5.82 Å². The third-order valence-electron chi connectivity index (χ3n) is 3.21. The van der Waals surface area contributed by atoms with Crippen LogP contribution in [0.5, 0.6) is 0 Å². The van der Waals surface area contributed by atoms with E-state index in [0.717, 1.165) is 19.5 Å². The molecule has 2 N–H and O–H groups in total. The summed E-state index contributed by atoms with van der Waals surface area (Å²) < 4.78 is 13.7. The highest BCUT2D eigenvalue weighted by Gasteiger charge is 2.24. The Bertz CT molecular complexity index is 372. The maximum Gasteiger partial charge on any atom is 0.146 e. The predicted molar refractivity (Wildman–Crippen MR) is 66.7 cm³/mol. The van der Waals surface area contributed by atoms with Crippen LogP contribution >= 0.6 is 0 Å². The predicted octanol–water partition coefficient (Wildman–Crippen LogP) is 1.37. The standard InChI is InChI=1S/C13H19FN2O/c1-2-16(9-10-7-11(17)8-15-10)13-6-4-3-5-12(13)14/h3-6,10-11,15,17H,2,7-9H2,1H3. The van der Waals surface area contributed by atoms with E-state index in [1.54, 1.807) is 12.1 Å². The fraction of sp³-hybridized carbons (Fsp3) is 0.538. The van der Waals surface area contributed by atoms with Crippen LogP contribution in [-0.2, 0) is 0 Å². The highest BCUT2D eigenvalue weighted by molar-refractivity contribution is 5.47. The van der Waals surface area contributed by atoms with Crippen molar-refractivity contribution < 1.29 is 9.50 Å². The Balaban J connectivity index is 2.04. The molecule has 0 saturated carbocycles. The van der Waals surface area contributed by atoms with Gasteiger partial charge in [-0.1, -0.05) is 12.1 Å². The number of anilines is 1. The maximum atomic E-state index is 13.7. The smallest absolute Gasteiger partial charge is 0.146 e. The van der Waals surface area contributed by atoms with Gasteiger partial charge in [0.25, 0.3) is 0 Å². The van der Waals surface area contributed by atoms with E-state index in [-0.39, 0.29) is 18.0 Å². The second-order valence-corrected chi connectivity index (χ2v) is 4.48. The van der Waals surface area contributed by atoms with Gasteiger partial charge < -0.3 is 15.3 Å². The quantitative estimate of drug-likeness (QED) is 0.831. The molecule has 1 aliphatic rings. The highest BCUT2D eigenvalue weighted by atomic mass is 19.1. The molecule has 0 radical (unpaired) electrons. The van der Waals surface area contributed by atoms with Crippen LogP contribution < -0.4 is 10.2 Å². The zero-order valence-corrected chi connectivity index (χ0v) is 10.1.